The van der Waals surface area contributed by atoms with Gasteiger partial charge in [0.2, 0.25) is 11.8 Å². The number of aryl methyl sites for hydroxylation is 1. The highest BCUT2D eigenvalue weighted by molar-refractivity contribution is 5.98. The van der Waals surface area contributed by atoms with E-state index in [4.69, 9.17) is 19.4 Å². The van der Waals surface area contributed by atoms with Crippen molar-refractivity contribution in [2.75, 3.05) is 25.5 Å². The number of para-hydroxylation sites is 1. The summed E-state index contributed by atoms with van der Waals surface area (Å²) in [5.74, 6) is -4.52. The van der Waals surface area contributed by atoms with E-state index in [2.05, 4.69) is 10.3 Å². The van der Waals surface area contributed by atoms with Crippen molar-refractivity contribution in [3.63, 3.8) is 0 Å². The average molecular weight is 683 g/mol. The molecular formula is C34H33F3N4O8. The van der Waals surface area contributed by atoms with Crippen molar-refractivity contribution >= 4 is 40.3 Å². The number of carbonyl (C=O) groups is 4. The van der Waals surface area contributed by atoms with Gasteiger partial charge in [0.15, 0.2) is 0 Å². The van der Waals surface area contributed by atoms with Crippen LogP contribution in [0, 0.1) is 18.8 Å². The predicted octanol–water partition coefficient (Wildman–Crippen LogP) is 4.99. The highest BCUT2D eigenvalue weighted by atomic mass is 19.4. The molecule has 1 aliphatic heterocycles. The number of methoxy groups -OCH3 is 1. The lowest BCUT2D eigenvalue weighted by atomic mass is 9.83. The largest absolute Gasteiger partial charge is 0.497 e. The molecule has 0 bridgehead atoms. The standard InChI is InChI=1S/C32H32N4O6.C2HF3O2/c1-20-17-22(26-5-3-4-6-29(26)33-20)19-42-25-13-9-23(10-14-25)34-30(37)27-15-16-36(18-28(27)31(38)35-40)32(39)21-7-11-24(41-2)12-8-21;3-2(4,5)1(6)7/h3-14,17,27-28,40H,15-16,18-19H2,1-2H3,(H,34,37)(H,35,38);(H,6,7)/t27-,28-;/m0./s1. The van der Waals surface area contributed by atoms with Gasteiger partial charge >= 0.3 is 12.1 Å². The molecule has 12 nitrogen and oxygen atoms in total. The van der Waals surface area contributed by atoms with Crippen LogP contribution < -0.4 is 20.3 Å². The Morgan fingerprint density at radius 2 is 1.57 bits per heavy atom. The van der Waals surface area contributed by atoms with Crippen LogP contribution in [0.5, 0.6) is 11.5 Å². The molecule has 0 aliphatic carbocycles. The number of alkyl halides is 3. The van der Waals surface area contributed by atoms with E-state index >= 15 is 0 Å². The highest BCUT2D eigenvalue weighted by Gasteiger charge is 2.40. The van der Waals surface area contributed by atoms with E-state index < -0.39 is 29.9 Å². The molecule has 49 heavy (non-hydrogen) atoms. The number of carboxylic acid groups (broad SMARTS) is 1. The zero-order valence-electron chi connectivity index (χ0n) is 26.4. The molecule has 1 aliphatic rings. The van der Waals surface area contributed by atoms with Crippen LogP contribution in [0.1, 0.15) is 28.0 Å². The molecule has 4 aromatic rings. The number of fused-ring (bicyclic) bond motifs is 1. The SMILES string of the molecule is COc1ccc(C(=O)N2CC[C@H](C(=O)Nc3ccc(OCc4cc(C)nc5ccccc45)cc3)[C@@H](C(=O)NO)C2)cc1.O=C(O)C(F)(F)F. The van der Waals surface area contributed by atoms with Gasteiger partial charge in [0.05, 0.1) is 24.5 Å². The Hall–Kier alpha value is -5.70. The number of nitrogens with zero attached hydrogens (tertiary/aromatic N) is 2. The van der Waals surface area contributed by atoms with Crippen LogP contribution >= 0.6 is 0 Å². The van der Waals surface area contributed by atoms with Crippen molar-refractivity contribution in [1.29, 1.82) is 0 Å². The minimum atomic E-state index is -5.08. The Morgan fingerprint density at radius 1 is 0.939 bits per heavy atom. The zero-order valence-corrected chi connectivity index (χ0v) is 26.4. The van der Waals surface area contributed by atoms with Gasteiger partial charge in [-0.1, -0.05) is 18.2 Å². The Bertz CT molecular complexity index is 1800. The van der Waals surface area contributed by atoms with E-state index in [0.29, 0.717) is 29.4 Å². The second kappa shape index (κ2) is 15.9. The van der Waals surface area contributed by atoms with Gasteiger partial charge in [-0.3, -0.25) is 24.6 Å². The normalized spacial score (nSPS) is 15.8. The van der Waals surface area contributed by atoms with Crippen molar-refractivity contribution in [2.45, 2.75) is 26.1 Å². The maximum absolute atomic E-state index is 13.2. The third-order valence-corrected chi connectivity index (χ3v) is 7.71. The van der Waals surface area contributed by atoms with Gasteiger partial charge in [-0.05, 0) is 74.0 Å². The molecule has 5 rings (SSSR count). The topological polar surface area (TPSA) is 167 Å². The molecule has 3 aromatic carbocycles. The van der Waals surface area contributed by atoms with E-state index in [1.165, 1.54) is 4.90 Å². The van der Waals surface area contributed by atoms with Gasteiger partial charge in [-0.2, -0.15) is 13.2 Å². The fourth-order valence-electron chi connectivity index (χ4n) is 5.26. The second-order valence-corrected chi connectivity index (χ2v) is 11.0. The van der Waals surface area contributed by atoms with Crippen molar-refractivity contribution in [3.05, 3.63) is 95.7 Å². The number of rotatable bonds is 8. The number of likely N-dealkylation sites (tertiary alicyclic amines) is 1. The van der Waals surface area contributed by atoms with Crippen LogP contribution in [0.4, 0.5) is 18.9 Å². The van der Waals surface area contributed by atoms with E-state index in [9.17, 15) is 32.8 Å². The van der Waals surface area contributed by atoms with Crippen LogP contribution in [0.3, 0.4) is 0 Å². The van der Waals surface area contributed by atoms with Crippen molar-refractivity contribution < 1.29 is 52.1 Å². The van der Waals surface area contributed by atoms with E-state index in [0.717, 1.165) is 22.2 Å². The highest BCUT2D eigenvalue weighted by Crippen LogP contribution is 2.28. The lowest BCUT2D eigenvalue weighted by Crippen LogP contribution is -2.51. The Balaban J connectivity index is 0.000000698. The first-order valence-electron chi connectivity index (χ1n) is 14.9. The summed E-state index contributed by atoms with van der Waals surface area (Å²) in [4.78, 5) is 53.8. The van der Waals surface area contributed by atoms with E-state index in [-0.39, 0.29) is 31.3 Å². The summed E-state index contributed by atoms with van der Waals surface area (Å²) in [6, 6.07) is 23.6. The predicted molar refractivity (Wildman–Crippen MR) is 170 cm³/mol. The van der Waals surface area contributed by atoms with Gasteiger partial charge < -0.3 is 24.8 Å². The molecule has 0 spiro atoms. The zero-order chi connectivity index (χ0) is 35.7. The summed E-state index contributed by atoms with van der Waals surface area (Å²) >= 11 is 0. The van der Waals surface area contributed by atoms with Crippen LogP contribution in [-0.4, -0.2) is 70.3 Å². The Kier molecular flexibility index (Phi) is 11.7. The summed E-state index contributed by atoms with van der Waals surface area (Å²) < 4.78 is 42.9. The second-order valence-electron chi connectivity index (χ2n) is 11.0. The number of hydrogen-bond acceptors (Lipinski definition) is 8. The minimum Gasteiger partial charge on any atom is -0.497 e. The number of nitrogens with one attached hydrogen (secondary N) is 2. The maximum Gasteiger partial charge on any atom is 0.490 e. The quantitative estimate of drug-likeness (QED) is 0.148. The molecule has 2 heterocycles. The van der Waals surface area contributed by atoms with E-state index in [1.54, 1.807) is 61.1 Å². The number of piperidine rings is 1. The summed E-state index contributed by atoms with van der Waals surface area (Å²) in [6.45, 7) is 2.59. The number of hydrogen-bond donors (Lipinski definition) is 4. The monoisotopic (exact) mass is 682 g/mol. The first-order chi connectivity index (χ1) is 23.3. The number of carboxylic acids is 1. The number of benzene rings is 3. The molecule has 3 amide bonds. The number of amides is 3. The van der Waals surface area contributed by atoms with Crippen molar-refractivity contribution in [2.24, 2.45) is 11.8 Å². The van der Waals surface area contributed by atoms with Crippen LogP contribution in [0.15, 0.2) is 78.9 Å². The molecule has 2 atom stereocenters. The number of aromatic nitrogens is 1. The number of halogens is 3. The summed E-state index contributed by atoms with van der Waals surface area (Å²) in [5, 5.41) is 20.4. The summed E-state index contributed by atoms with van der Waals surface area (Å²) in [5.41, 5.74) is 5.49. The van der Waals surface area contributed by atoms with Gasteiger partial charge in [-0.15, -0.1) is 0 Å². The van der Waals surface area contributed by atoms with Gasteiger partial charge in [0.1, 0.15) is 18.1 Å². The lowest BCUT2D eigenvalue weighted by Gasteiger charge is -2.36. The molecule has 1 saturated heterocycles. The molecule has 0 unspecified atom stereocenters. The molecule has 1 aromatic heterocycles. The third-order valence-electron chi connectivity index (χ3n) is 7.71. The van der Waals surface area contributed by atoms with Gasteiger partial charge in [0, 0.05) is 41.0 Å². The molecule has 1 fully saturated rings. The average Bonchev–Trinajstić information content (AvgIpc) is 3.10. The van der Waals surface area contributed by atoms with Crippen LogP contribution in [-0.2, 0) is 21.0 Å². The smallest absolute Gasteiger partial charge is 0.490 e. The fourth-order valence-corrected chi connectivity index (χ4v) is 5.26. The number of aliphatic carboxylic acids is 1. The number of carbonyl (C=O) groups excluding carboxylic acids is 3. The number of ether oxygens (including phenoxy) is 2. The number of anilines is 1. The first kappa shape index (κ1) is 36.1. The fraction of sp³-hybridized carbons (Fsp3) is 0.265. The summed E-state index contributed by atoms with van der Waals surface area (Å²) in [7, 11) is 1.54. The number of hydroxylamine groups is 1. The third kappa shape index (κ3) is 9.44. The van der Waals surface area contributed by atoms with Crippen molar-refractivity contribution in [1.82, 2.24) is 15.4 Å². The summed E-state index contributed by atoms with van der Waals surface area (Å²) in [6.07, 6.45) is -4.83. The Labute approximate surface area is 278 Å². The molecule has 4 N–H and O–H groups in total. The molecule has 0 radical (unpaired) electrons. The van der Waals surface area contributed by atoms with Crippen LogP contribution in [0.2, 0.25) is 0 Å². The molecular weight excluding hydrogens is 649 g/mol. The molecule has 0 saturated carbocycles. The number of pyridine rings is 1. The van der Waals surface area contributed by atoms with E-state index in [1.807, 2.05) is 37.3 Å². The first-order valence-corrected chi connectivity index (χ1v) is 14.9. The van der Waals surface area contributed by atoms with Crippen molar-refractivity contribution in [3.8, 4) is 11.5 Å². The minimum absolute atomic E-state index is 0.00865. The van der Waals surface area contributed by atoms with Crippen LogP contribution in [0.25, 0.3) is 10.9 Å². The lowest BCUT2D eigenvalue weighted by molar-refractivity contribution is -0.192. The maximum atomic E-state index is 13.2. The van der Waals surface area contributed by atoms with Gasteiger partial charge in [0.25, 0.3) is 5.91 Å². The molecule has 258 valence electrons. The van der Waals surface area contributed by atoms with Gasteiger partial charge in [-0.25, -0.2) is 10.3 Å². The molecule has 15 heteroatoms. The Morgan fingerprint density at radius 3 is 2.18 bits per heavy atom.